The second kappa shape index (κ2) is 6.10. The number of halogens is 1. The van der Waals surface area contributed by atoms with Gasteiger partial charge in [0.15, 0.2) is 0 Å². The van der Waals surface area contributed by atoms with E-state index in [1.165, 1.54) is 6.07 Å². The van der Waals surface area contributed by atoms with E-state index in [1.807, 2.05) is 0 Å². The van der Waals surface area contributed by atoms with Crippen molar-refractivity contribution in [2.24, 2.45) is 5.92 Å². The molecule has 6 heteroatoms. The largest absolute Gasteiger partial charge is 0.398 e. The first-order valence-electron chi connectivity index (χ1n) is 6.97. The lowest BCUT2D eigenvalue weighted by molar-refractivity contribution is 0.399. The fourth-order valence-electron chi connectivity index (χ4n) is 2.69. The van der Waals surface area contributed by atoms with Gasteiger partial charge >= 0.3 is 0 Å². The van der Waals surface area contributed by atoms with Crippen molar-refractivity contribution < 1.29 is 12.8 Å². The minimum Gasteiger partial charge on any atom is -0.398 e. The summed E-state index contributed by atoms with van der Waals surface area (Å²) in [7, 11) is -3.70. The summed E-state index contributed by atoms with van der Waals surface area (Å²) in [5.41, 5.74) is 5.56. The van der Waals surface area contributed by atoms with Crippen LogP contribution in [0.15, 0.2) is 23.1 Å². The highest BCUT2D eigenvalue weighted by Gasteiger charge is 2.27. The molecule has 2 atom stereocenters. The lowest BCUT2D eigenvalue weighted by Gasteiger charge is -2.23. The molecule has 0 spiro atoms. The molecule has 0 radical (unpaired) electrons. The Bertz CT molecular complexity index is 575. The van der Waals surface area contributed by atoms with E-state index in [1.54, 1.807) is 0 Å². The average molecular weight is 300 g/mol. The molecular weight excluding hydrogens is 279 g/mol. The summed E-state index contributed by atoms with van der Waals surface area (Å²) in [6.45, 7) is 2.06. The van der Waals surface area contributed by atoms with Gasteiger partial charge in [0.05, 0.1) is 5.69 Å². The summed E-state index contributed by atoms with van der Waals surface area (Å²) in [4.78, 5) is -0.0460. The first-order valence-corrected chi connectivity index (χ1v) is 8.46. The van der Waals surface area contributed by atoms with Crippen LogP contribution in [0.3, 0.4) is 0 Å². The first-order chi connectivity index (χ1) is 9.40. The molecule has 4 nitrogen and oxygen atoms in total. The monoisotopic (exact) mass is 300 g/mol. The van der Waals surface area contributed by atoms with Gasteiger partial charge < -0.3 is 5.73 Å². The maximum atomic E-state index is 13.0. The van der Waals surface area contributed by atoms with E-state index in [-0.39, 0.29) is 16.6 Å². The molecule has 3 N–H and O–H groups in total. The molecule has 2 unspecified atom stereocenters. The van der Waals surface area contributed by atoms with E-state index in [9.17, 15) is 12.8 Å². The van der Waals surface area contributed by atoms with Gasteiger partial charge in [0, 0.05) is 6.04 Å². The van der Waals surface area contributed by atoms with Crippen molar-refractivity contribution in [1.29, 1.82) is 0 Å². The molecule has 0 bridgehead atoms. The highest BCUT2D eigenvalue weighted by atomic mass is 32.2. The minimum absolute atomic E-state index is 0.0460. The van der Waals surface area contributed by atoms with Gasteiger partial charge in [-0.2, -0.15) is 0 Å². The zero-order chi connectivity index (χ0) is 14.8. The third-order valence-corrected chi connectivity index (χ3v) is 5.49. The van der Waals surface area contributed by atoms with E-state index in [0.29, 0.717) is 5.92 Å². The van der Waals surface area contributed by atoms with Crippen LogP contribution in [0.5, 0.6) is 0 Å². The lowest BCUT2D eigenvalue weighted by atomic mass is 9.98. The Morgan fingerprint density at radius 3 is 2.65 bits per heavy atom. The van der Waals surface area contributed by atoms with Crippen molar-refractivity contribution in [3.8, 4) is 0 Å². The number of hydrogen-bond donors (Lipinski definition) is 2. The zero-order valence-corrected chi connectivity index (χ0v) is 12.4. The van der Waals surface area contributed by atoms with E-state index < -0.39 is 15.8 Å². The smallest absolute Gasteiger partial charge is 0.242 e. The molecule has 1 fully saturated rings. The Balaban J connectivity index is 2.21. The molecule has 0 aliphatic heterocycles. The van der Waals surface area contributed by atoms with Gasteiger partial charge in [0.2, 0.25) is 10.0 Å². The highest BCUT2D eigenvalue weighted by Crippen LogP contribution is 2.26. The third-order valence-electron chi connectivity index (χ3n) is 3.93. The van der Waals surface area contributed by atoms with Crippen molar-refractivity contribution in [3.05, 3.63) is 24.0 Å². The number of rotatable bonds is 3. The van der Waals surface area contributed by atoms with Crippen LogP contribution in [-0.4, -0.2) is 14.5 Å². The van der Waals surface area contributed by atoms with Gasteiger partial charge in [-0.1, -0.05) is 26.2 Å². The number of anilines is 1. The Hall–Kier alpha value is -1.14. The van der Waals surface area contributed by atoms with Crippen molar-refractivity contribution in [2.45, 2.75) is 50.0 Å². The summed E-state index contributed by atoms with van der Waals surface area (Å²) in [5.74, 6) is -0.238. The third kappa shape index (κ3) is 3.49. The number of nitrogens with one attached hydrogen (secondary N) is 1. The van der Waals surface area contributed by atoms with Crippen molar-refractivity contribution in [1.82, 2.24) is 4.72 Å². The fraction of sp³-hybridized carbons (Fsp3) is 0.571. The second-order valence-corrected chi connectivity index (χ2v) is 7.21. The van der Waals surface area contributed by atoms with Crippen LogP contribution in [-0.2, 0) is 10.0 Å². The maximum Gasteiger partial charge on any atom is 0.242 e. The topological polar surface area (TPSA) is 72.2 Å². The molecule has 1 aliphatic carbocycles. The summed E-state index contributed by atoms with van der Waals surface area (Å²) in [6, 6.07) is 3.29. The minimum atomic E-state index is -3.70. The lowest BCUT2D eigenvalue weighted by Crippen LogP contribution is -2.39. The van der Waals surface area contributed by atoms with Gasteiger partial charge in [0.25, 0.3) is 0 Å². The molecule has 2 rings (SSSR count). The second-order valence-electron chi connectivity index (χ2n) is 5.53. The standard InChI is InChI=1S/C14H21FN2O2S/c1-10-5-3-2-4-6-13(10)17-20(18,19)14-8-7-11(15)9-12(14)16/h7-10,13,17H,2-6,16H2,1H3. The zero-order valence-electron chi connectivity index (χ0n) is 11.6. The van der Waals surface area contributed by atoms with Gasteiger partial charge in [-0.25, -0.2) is 17.5 Å². The molecule has 0 aromatic heterocycles. The van der Waals surface area contributed by atoms with Crippen LogP contribution in [0.2, 0.25) is 0 Å². The van der Waals surface area contributed by atoms with Gasteiger partial charge in [-0.3, -0.25) is 0 Å². The molecule has 20 heavy (non-hydrogen) atoms. The Labute approximate surface area is 119 Å². The first kappa shape index (κ1) is 15.3. The average Bonchev–Trinajstić information content (AvgIpc) is 2.54. The fourth-order valence-corrected chi connectivity index (χ4v) is 4.19. The van der Waals surface area contributed by atoms with Gasteiger partial charge in [-0.15, -0.1) is 0 Å². The van der Waals surface area contributed by atoms with Gasteiger partial charge in [0.1, 0.15) is 10.7 Å². The number of nitrogens with two attached hydrogens (primary N) is 1. The molecule has 1 aromatic rings. The van der Waals surface area contributed by atoms with Crippen molar-refractivity contribution in [3.63, 3.8) is 0 Å². The highest BCUT2D eigenvalue weighted by molar-refractivity contribution is 7.89. The van der Waals surface area contributed by atoms with Crippen molar-refractivity contribution in [2.75, 3.05) is 5.73 Å². The van der Waals surface area contributed by atoms with Crippen LogP contribution in [0.1, 0.15) is 39.0 Å². The maximum absolute atomic E-state index is 13.0. The number of benzene rings is 1. The summed E-state index contributed by atoms with van der Waals surface area (Å²) in [5, 5.41) is 0. The summed E-state index contributed by atoms with van der Waals surface area (Å²) < 4.78 is 40.5. The molecule has 0 heterocycles. The molecule has 1 saturated carbocycles. The van der Waals surface area contributed by atoms with Crippen LogP contribution >= 0.6 is 0 Å². The summed E-state index contributed by atoms with van der Waals surface area (Å²) in [6.07, 6.45) is 5.16. The normalized spacial score (nSPS) is 24.3. The van der Waals surface area contributed by atoms with Crippen LogP contribution < -0.4 is 10.5 Å². The predicted octanol–water partition coefficient (Wildman–Crippen LogP) is 2.66. The quantitative estimate of drug-likeness (QED) is 0.666. The van der Waals surface area contributed by atoms with Crippen LogP contribution in [0, 0.1) is 11.7 Å². The molecule has 0 saturated heterocycles. The molecular formula is C14H21FN2O2S. The Morgan fingerprint density at radius 1 is 1.25 bits per heavy atom. The predicted molar refractivity (Wildman–Crippen MR) is 77.2 cm³/mol. The van der Waals surface area contributed by atoms with Crippen LogP contribution in [0.25, 0.3) is 0 Å². The summed E-state index contributed by atoms with van der Waals surface area (Å²) >= 11 is 0. The van der Waals surface area contributed by atoms with E-state index in [2.05, 4.69) is 11.6 Å². The van der Waals surface area contributed by atoms with E-state index in [0.717, 1.165) is 44.2 Å². The van der Waals surface area contributed by atoms with Crippen LogP contribution in [0.4, 0.5) is 10.1 Å². The molecule has 1 aliphatic rings. The number of sulfonamides is 1. The number of hydrogen-bond acceptors (Lipinski definition) is 3. The number of nitrogen functional groups attached to an aromatic ring is 1. The Morgan fingerprint density at radius 2 is 1.95 bits per heavy atom. The van der Waals surface area contributed by atoms with E-state index >= 15 is 0 Å². The SMILES string of the molecule is CC1CCCCCC1NS(=O)(=O)c1ccc(F)cc1N. The Kier molecular flexibility index (Phi) is 4.65. The van der Waals surface area contributed by atoms with Crippen molar-refractivity contribution >= 4 is 15.7 Å². The molecule has 0 amide bonds. The van der Waals surface area contributed by atoms with E-state index in [4.69, 9.17) is 5.73 Å². The van der Waals surface area contributed by atoms with Gasteiger partial charge in [-0.05, 0) is 37.0 Å². The molecule has 112 valence electrons. The molecule has 1 aromatic carbocycles.